The van der Waals surface area contributed by atoms with E-state index in [2.05, 4.69) is 0 Å². The van der Waals surface area contributed by atoms with Gasteiger partial charge in [0.1, 0.15) is 0 Å². The molecule has 2 amide bonds. The summed E-state index contributed by atoms with van der Waals surface area (Å²) in [4.78, 5) is 26.9. The predicted octanol–water partition coefficient (Wildman–Crippen LogP) is 1.78. The lowest BCUT2D eigenvalue weighted by Gasteiger charge is -2.38. The van der Waals surface area contributed by atoms with Gasteiger partial charge in [0.15, 0.2) is 0 Å². The molecular weight excluding hydrogens is 272 g/mol. The van der Waals surface area contributed by atoms with Gasteiger partial charge in [0, 0.05) is 32.1 Å². The molecule has 0 aliphatic carbocycles. The van der Waals surface area contributed by atoms with E-state index in [9.17, 15) is 14.7 Å². The first-order valence-electron chi connectivity index (χ1n) is 7.91. The topological polar surface area (TPSA) is 81.1 Å². The van der Waals surface area contributed by atoms with Crippen LogP contribution in [-0.2, 0) is 4.79 Å². The highest BCUT2D eigenvalue weighted by atomic mass is 16.4. The van der Waals surface area contributed by atoms with Crippen molar-refractivity contribution in [2.24, 2.45) is 5.92 Å². The third kappa shape index (κ3) is 5.19. The van der Waals surface area contributed by atoms with Gasteiger partial charge in [-0.1, -0.05) is 13.8 Å². The molecule has 6 nitrogen and oxygen atoms in total. The molecule has 0 radical (unpaired) electrons. The number of piperidine rings is 1. The van der Waals surface area contributed by atoms with Gasteiger partial charge in [0.05, 0.1) is 6.61 Å². The number of aliphatic carboxylic acids is 1. The number of hydrogen-bond donors (Lipinski definition) is 2. The maximum Gasteiger partial charge on any atom is 0.320 e. The van der Waals surface area contributed by atoms with Crippen molar-refractivity contribution in [3.8, 4) is 0 Å². The van der Waals surface area contributed by atoms with E-state index < -0.39 is 5.97 Å². The number of aliphatic hydroxyl groups is 1. The molecule has 6 heteroatoms. The summed E-state index contributed by atoms with van der Waals surface area (Å²) in [5.41, 5.74) is 0. The number of likely N-dealkylation sites (tertiary alicyclic amines) is 1. The molecular formula is C15H28N2O4. The molecule has 0 atom stereocenters. The van der Waals surface area contributed by atoms with Crippen molar-refractivity contribution in [1.82, 2.24) is 9.80 Å². The minimum atomic E-state index is -0.765. The Labute approximate surface area is 126 Å². The van der Waals surface area contributed by atoms with Gasteiger partial charge in [-0.3, -0.25) is 4.79 Å². The summed E-state index contributed by atoms with van der Waals surface area (Å²) in [6.45, 7) is 5.64. The number of amides is 2. The number of carbonyl (C=O) groups is 2. The van der Waals surface area contributed by atoms with Crippen molar-refractivity contribution in [3.05, 3.63) is 0 Å². The summed E-state index contributed by atoms with van der Waals surface area (Å²) in [5.74, 6) is -0.593. The maximum absolute atomic E-state index is 12.6. The van der Waals surface area contributed by atoms with Gasteiger partial charge in [-0.05, 0) is 31.6 Å². The summed E-state index contributed by atoms with van der Waals surface area (Å²) in [7, 11) is 0. The molecule has 0 saturated carbocycles. The first-order chi connectivity index (χ1) is 10.0. The van der Waals surface area contributed by atoms with Crippen LogP contribution < -0.4 is 0 Å². The molecule has 1 aliphatic rings. The first-order valence-corrected chi connectivity index (χ1v) is 7.91. The van der Waals surface area contributed by atoms with E-state index in [0.717, 1.165) is 25.7 Å². The third-order valence-electron chi connectivity index (χ3n) is 4.32. The van der Waals surface area contributed by atoms with Gasteiger partial charge >= 0.3 is 12.0 Å². The zero-order valence-corrected chi connectivity index (χ0v) is 13.1. The molecule has 0 aromatic rings. The Morgan fingerprint density at radius 3 is 2.24 bits per heavy atom. The number of rotatable bonds is 7. The second-order valence-electron chi connectivity index (χ2n) is 5.70. The van der Waals surface area contributed by atoms with E-state index in [1.807, 2.05) is 13.8 Å². The fourth-order valence-electron chi connectivity index (χ4n) is 3.03. The molecule has 1 heterocycles. The van der Waals surface area contributed by atoms with Crippen LogP contribution in [0.2, 0.25) is 0 Å². The molecule has 1 aliphatic heterocycles. The molecule has 0 aromatic carbocycles. The standard InChI is InChI=1S/C15H28N2O4/c1-3-13(4-2)17(9-10-18)15(21)16-7-5-12(6-8-16)11-14(19)20/h12-13,18H,3-11H2,1-2H3,(H,19,20). The Kier molecular flexibility index (Phi) is 7.50. The molecule has 1 fully saturated rings. The predicted molar refractivity (Wildman–Crippen MR) is 80.1 cm³/mol. The molecule has 1 saturated heterocycles. The van der Waals surface area contributed by atoms with Gasteiger partial charge in [0.2, 0.25) is 0 Å². The zero-order chi connectivity index (χ0) is 15.8. The third-order valence-corrected chi connectivity index (χ3v) is 4.32. The summed E-state index contributed by atoms with van der Waals surface area (Å²) >= 11 is 0. The lowest BCUT2D eigenvalue weighted by molar-refractivity contribution is -0.138. The van der Waals surface area contributed by atoms with Crippen molar-refractivity contribution in [3.63, 3.8) is 0 Å². The van der Waals surface area contributed by atoms with Crippen LogP contribution in [0.3, 0.4) is 0 Å². The Morgan fingerprint density at radius 1 is 1.24 bits per heavy atom. The van der Waals surface area contributed by atoms with Crippen LogP contribution in [0.1, 0.15) is 46.0 Å². The van der Waals surface area contributed by atoms with Gasteiger partial charge in [-0.25, -0.2) is 4.79 Å². The number of urea groups is 1. The average molecular weight is 300 g/mol. The van der Waals surface area contributed by atoms with Crippen molar-refractivity contribution < 1.29 is 19.8 Å². The van der Waals surface area contributed by atoms with Gasteiger partial charge in [-0.15, -0.1) is 0 Å². The number of hydrogen-bond acceptors (Lipinski definition) is 3. The molecule has 21 heavy (non-hydrogen) atoms. The number of nitrogens with zero attached hydrogens (tertiary/aromatic N) is 2. The number of carboxylic acid groups (broad SMARTS) is 1. The molecule has 0 aromatic heterocycles. The van der Waals surface area contributed by atoms with Crippen LogP contribution in [-0.4, -0.2) is 64.3 Å². The number of aliphatic hydroxyl groups excluding tert-OH is 1. The smallest absolute Gasteiger partial charge is 0.320 e. The lowest BCUT2D eigenvalue weighted by atomic mass is 9.94. The normalized spacial score (nSPS) is 16.3. The van der Waals surface area contributed by atoms with E-state index in [4.69, 9.17) is 5.11 Å². The second-order valence-corrected chi connectivity index (χ2v) is 5.70. The zero-order valence-electron chi connectivity index (χ0n) is 13.1. The molecule has 0 spiro atoms. The second kappa shape index (κ2) is 8.87. The maximum atomic E-state index is 12.6. The van der Waals surface area contributed by atoms with Crippen LogP contribution in [0.4, 0.5) is 4.79 Å². The van der Waals surface area contributed by atoms with Crippen molar-refractivity contribution in [2.45, 2.75) is 52.0 Å². The summed E-state index contributed by atoms with van der Waals surface area (Å²) in [5, 5.41) is 18.0. The van der Waals surface area contributed by atoms with E-state index >= 15 is 0 Å². The molecule has 122 valence electrons. The Balaban J connectivity index is 2.58. The highest BCUT2D eigenvalue weighted by molar-refractivity contribution is 5.75. The van der Waals surface area contributed by atoms with Gasteiger partial charge in [-0.2, -0.15) is 0 Å². The lowest BCUT2D eigenvalue weighted by Crippen LogP contribution is -2.51. The Morgan fingerprint density at radius 2 is 1.81 bits per heavy atom. The first kappa shape index (κ1) is 17.8. The quantitative estimate of drug-likeness (QED) is 0.751. The molecule has 0 unspecified atom stereocenters. The van der Waals surface area contributed by atoms with Crippen LogP contribution >= 0.6 is 0 Å². The van der Waals surface area contributed by atoms with E-state index in [1.165, 1.54) is 0 Å². The molecule has 2 N–H and O–H groups in total. The van der Waals surface area contributed by atoms with Crippen LogP contribution in [0.25, 0.3) is 0 Å². The van der Waals surface area contributed by atoms with Crippen LogP contribution in [0.15, 0.2) is 0 Å². The molecule has 1 rings (SSSR count). The molecule has 0 bridgehead atoms. The van der Waals surface area contributed by atoms with Crippen molar-refractivity contribution >= 4 is 12.0 Å². The van der Waals surface area contributed by atoms with Crippen molar-refractivity contribution in [1.29, 1.82) is 0 Å². The highest BCUT2D eigenvalue weighted by Crippen LogP contribution is 2.22. The minimum Gasteiger partial charge on any atom is -0.481 e. The van der Waals surface area contributed by atoms with Gasteiger partial charge in [0.25, 0.3) is 0 Å². The highest BCUT2D eigenvalue weighted by Gasteiger charge is 2.29. The largest absolute Gasteiger partial charge is 0.481 e. The minimum absolute atomic E-state index is 0.0217. The monoisotopic (exact) mass is 300 g/mol. The fraction of sp³-hybridized carbons (Fsp3) is 0.867. The Bertz CT molecular complexity index is 337. The fourth-order valence-corrected chi connectivity index (χ4v) is 3.03. The van der Waals surface area contributed by atoms with Crippen molar-refractivity contribution in [2.75, 3.05) is 26.2 Å². The van der Waals surface area contributed by atoms with Gasteiger partial charge < -0.3 is 20.0 Å². The summed E-state index contributed by atoms with van der Waals surface area (Å²) < 4.78 is 0. The number of carboxylic acids is 1. The van der Waals surface area contributed by atoms with Crippen LogP contribution in [0, 0.1) is 5.92 Å². The average Bonchev–Trinajstić information content (AvgIpc) is 2.47. The number of carbonyl (C=O) groups excluding carboxylic acids is 1. The van der Waals surface area contributed by atoms with E-state index in [-0.39, 0.29) is 31.0 Å². The SMILES string of the molecule is CCC(CC)N(CCO)C(=O)N1CCC(CC(=O)O)CC1. The van der Waals surface area contributed by atoms with E-state index in [1.54, 1.807) is 9.80 Å². The van der Waals surface area contributed by atoms with E-state index in [0.29, 0.717) is 19.6 Å². The summed E-state index contributed by atoms with van der Waals surface area (Å²) in [6.07, 6.45) is 3.42. The van der Waals surface area contributed by atoms with Crippen LogP contribution in [0.5, 0.6) is 0 Å². The Hall–Kier alpha value is -1.30. The summed E-state index contributed by atoms with van der Waals surface area (Å²) in [6, 6.07) is 0.132.